The van der Waals surface area contributed by atoms with Gasteiger partial charge in [0, 0.05) is 30.2 Å². The van der Waals surface area contributed by atoms with Gasteiger partial charge in [-0.25, -0.2) is 4.79 Å². The molecule has 1 fully saturated rings. The lowest BCUT2D eigenvalue weighted by molar-refractivity contribution is 0.0695. The Bertz CT molecular complexity index is 1240. The number of carboxylic acids is 1. The summed E-state index contributed by atoms with van der Waals surface area (Å²) < 4.78 is 2.92. The molecule has 1 aliphatic rings. The van der Waals surface area contributed by atoms with Crippen LogP contribution in [0.25, 0.3) is 22.0 Å². The summed E-state index contributed by atoms with van der Waals surface area (Å²) in [5.41, 5.74) is 3.92. The smallest absolute Gasteiger partial charge is 0.341 e. The predicted octanol–water partition coefficient (Wildman–Crippen LogP) is 2.89. The van der Waals surface area contributed by atoms with Crippen LogP contribution in [0.2, 0.25) is 0 Å². The molecule has 2 aromatic heterocycles. The number of aromatic carboxylic acids is 1. The minimum Gasteiger partial charge on any atom is -0.477 e. The molecule has 0 radical (unpaired) electrons. The molecule has 0 saturated heterocycles. The van der Waals surface area contributed by atoms with Crippen molar-refractivity contribution in [3.05, 3.63) is 63.0 Å². The van der Waals surface area contributed by atoms with Crippen molar-refractivity contribution in [2.45, 2.75) is 32.7 Å². The maximum absolute atomic E-state index is 12.7. The van der Waals surface area contributed by atoms with Gasteiger partial charge >= 0.3 is 5.97 Å². The van der Waals surface area contributed by atoms with Crippen molar-refractivity contribution in [3.63, 3.8) is 0 Å². The van der Waals surface area contributed by atoms with Crippen LogP contribution >= 0.6 is 0 Å². The highest BCUT2D eigenvalue weighted by Crippen LogP contribution is 2.39. The molecule has 1 aromatic carbocycles. The molecule has 0 spiro atoms. The molecule has 0 bridgehead atoms. The van der Waals surface area contributed by atoms with Crippen LogP contribution in [0.1, 0.15) is 40.4 Å². The second kappa shape index (κ2) is 6.37. The number of carboxylic acid groups (broad SMARTS) is 1. The topological polar surface area (TPSA) is 96.8 Å². The zero-order valence-electron chi connectivity index (χ0n) is 15.9. The molecule has 0 unspecified atom stereocenters. The number of rotatable bonds is 3. The van der Waals surface area contributed by atoms with E-state index >= 15 is 0 Å². The maximum atomic E-state index is 12.7. The van der Waals surface area contributed by atoms with Crippen LogP contribution in [0.3, 0.4) is 0 Å². The first kappa shape index (κ1) is 18.0. The van der Waals surface area contributed by atoms with Crippen LogP contribution in [0, 0.1) is 13.8 Å². The summed E-state index contributed by atoms with van der Waals surface area (Å²) in [6.07, 6.45) is 4.99. The summed E-state index contributed by atoms with van der Waals surface area (Å²) in [5.74, 6) is -1.21. The van der Waals surface area contributed by atoms with E-state index in [-0.39, 0.29) is 11.6 Å². The highest BCUT2D eigenvalue weighted by Gasteiger charge is 2.28. The molecule has 1 aliphatic carbocycles. The van der Waals surface area contributed by atoms with E-state index in [1.54, 1.807) is 25.4 Å². The molecule has 0 amide bonds. The maximum Gasteiger partial charge on any atom is 0.341 e. The lowest BCUT2D eigenvalue weighted by Crippen LogP contribution is -2.21. The number of pyridine rings is 2. The minimum atomic E-state index is -1.21. The highest BCUT2D eigenvalue weighted by molar-refractivity contribution is 5.95. The van der Waals surface area contributed by atoms with Crippen LogP contribution < -0.4 is 10.9 Å². The van der Waals surface area contributed by atoms with E-state index in [1.165, 1.54) is 6.20 Å². The number of benzene rings is 1. The third-order valence-corrected chi connectivity index (χ3v) is 5.34. The lowest BCUT2D eigenvalue weighted by atomic mass is 9.97. The monoisotopic (exact) mass is 379 g/mol. The fourth-order valence-electron chi connectivity index (χ4n) is 3.86. The molecular formula is C21H21N3O4. The number of aryl methyl sites for hydroxylation is 2. The Morgan fingerprint density at radius 1 is 1.21 bits per heavy atom. The number of hydrogen-bond acceptors (Lipinski definition) is 4. The van der Waals surface area contributed by atoms with E-state index in [2.05, 4.69) is 4.99 Å². The summed E-state index contributed by atoms with van der Waals surface area (Å²) in [7, 11) is 1.62. The van der Waals surface area contributed by atoms with Crippen LogP contribution in [0.5, 0.6) is 0 Å². The van der Waals surface area contributed by atoms with Gasteiger partial charge in [-0.2, -0.15) is 4.73 Å². The SMILES string of the molecule is CN=c1c(C)cc(-c2ccc3c(=O)c(C(=O)O)cn(C4CC4)c3c2C)cn1O. The molecule has 0 atom stereocenters. The standard InChI is InChI=1S/C21H21N3O4/c1-11-8-13(9-24(28)20(11)22-3)15-6-7-16-18(12(15)2)23(14-4-5-14)10-17(19(16)25)21(26)27/h6-10,14,28H,4-5H2,1-3H3,(H,26,27). The first-order valence-corrected chi connectivity index (χ1v) is 9.11. The molecule has 2 heterocycles. The Hall–Kier alpha value is -3.35. The zero-order chi connectivity index (χ0) is 20.2. The van der Waals surface area contributed by atoms with Crippen molar-refractivity contribution in [2.24, 2.45) is 4.99 Å². The van der Waals surface area contributed by atoms with Crippen LogP contribution in [-0.2, 0) is 0 Å². The van der Waals surface area contributed by atoms with Crippen molar-refractivity contribution < 1.29 is 15.1 Å². The van der Waals surface area contributed by atoms with Crippen molar-refractivity contribution in [1.82, 2.24) is 9.30 Å². The Balaban J connectivity index is 2.05. The first-order valence-electron chi connectivity index (χ1n) is 9.11. The van der Waals surface area contributed by atoms with Crippen molar-refractivity contribution >= 4 is 16.9 Å². The summed E-state index contributed by atoms with van der Waals surface area (Å²) in [4.78, 5) is 28.3. The molecule has 7 nitrogen and oxygen atoms in total. The Kier molecular flexibility index (Phi) is 4.10. The molecule has 1 saturated carbocycles. The van der Waals surface area contributed by atoms with Gasteiger partial charge in [-0.3, -0.25) is 9.79 Å². The zero-order valence-corrected chi connectivity index (χ0v) is 15.9. The molecule has 2 N–H and O–H groups in total. The second-order valence-corrected chi connectivity index (χ2v) is 7.25. The average molecular weight is 379 g/mol. The third kappa shape index (κ3) is 2.70. The van der Waals surface area contributed by atoms with Crippen LogP contribution in [0.15, 0.2) is 40.4 Å². The molecular weight excluding hydrogens is 358 g/mol. The van der Waals surface area contributed by atoms with Gasteiger partial charge in [-0.05, 0) is 55.5 Å². The van der Waals surface area contributed by atoms with E-state index in [0.29, 0.717) is 10.9 Å². The van der Waals surface area contributed by atoms with Gasteiger partial charge in [-0.1, -0.05) is 6.07 Å². The summed E-state index contributed by atoms with van der Waals surface area (Å²) >= 11 is 0. The van der Waals surface area contributed by atoms with Gasteiger partial charge in [-0.15, -0.1) is 0 Å². The average Bonchev–Trinajstić information content (AvgIpc) is 3.47. The highest BCUT2D eigenvalue weighted by atomic mass is 16.5. The van der Waals surface area contributed by atoms with Crippen molar-refractivity contribution in [3.8, 4) is 11.1 Å². The minimum absolute atomic E-state index is 0.204. The van der Waals surface area contributed by atoms with E-state index in [9.17, 15) is 19.9 Å². The summed E-state index contributed by atoms with van der Waals surface area (Å²) in [5, 5.41) is 20.1. The normalized spacial score (nSPS) is 14.6. The number of carbonyl (C=O) groups is 1. The molecule has 7 heteroatoms. The number of hydrogen-bond donors (Lipinski definition) is 2. The molecule has 3 aromatic rings. The van der Waals surface area contributed by atoms with Gasteiger partial charge in [0.1, 0.15) is 5.56 Å². The fourth-order valence-corrected chi connectivity index (χ4v) is 3.86. The van der Waals surface area contributed by atoms with E-state index in [1.807, 2.05) is 24.5 Å². The third-order valence-electron chi connectivity index (χ3n) is 5.34. The van der Waals surface area contributed by atoms with Crippen molar-refractivity contribution in [2.75, 3.05) is 7.05 Å². The molecule has 28 heavy (non-hydrogen) atoms. The number of aromatic nitrogens is 2. The molecule has 144 valence electrons. The Labute approximate surface area is 160 Å². The van der Waals surface area contributed by atoms with Crippen LogP contribution in [0.4, 0.5) is 0 Å². The predicted molar refractivity (Wildman–Crippen MR) is 105 cm³/mol. The van der Waals surface area contributed by atoms with Gasteiger partial charge in [0.2, 0.25) is 5.43 Å². The van der Waals surface area contributed by atoms with E-state index < -0.39 is 11.4 Å². The lowest BCUT2D eigenvalue weighted by Gasteiger charge is -2.17. The Morgan fingerprint density at radius 3 is 2.50 bits per heavy atom. The van der Waals surface area contributed by atoms with Crippen LogP contribution in [-0.4, -0.2) is 32.6 Å². The van der Waals surface area contributed by atoms with E-state index in [0.717, 1.165) is 45.3 Å². The Morgan fingerprint density at radius 2 is 1.93 bits per heavy atom. The second-order valence-electron chi connectivity index (χ2n) is 7.25. The quantitative estimate of drug-likeness (QED) is 0.684. The number of fused-ring (bicyclic) bond motifs is 1. The largest absolute Gasteiger partial charge is 0.477 e. The molecule has 0 aliphatic heterocycles. The summed E-state index contributed by atoms with van der Waals surface area (Å²) in [6.45, 7) is 3.79. The number of nitrogens with zero attached hydrogens (tertiary/aromatic N) is 3. The van der Waals surface area contributed by atoms with Crippen molar-refractivity contribution in [1.29, 1.82) is 0 Å². The van der Waals surface area contributed by atoms with E-state index in [4.69, 9.17) is 0 Å². The van der Waals surface area contributed by atoms with Gasteiger partial charge in [0.05, 0.1) is 11.7 Å². The van der Waals surface area contributed by atoms with Gasteiger partial charge in [0.25, 0.3) is 0 Å². The molecule has 4 rings (SSSR count). The van der Waals surface area contributed by atoms with Gasteiger partial charge in [0.15, 0.2) is 5.49 Å². The first-order chi connectivity index (χ1) is 13.3. The van der Waals surface area contributed by atoms with Gasteiger partial charge < -0.3 is 14.9 Å². The summed E-state index contributed by atoms with van der Waals surface area (Å²) in [6, 6.07) is 5.63. The fraction of sp³-hybridized carbons (Fsp3) is 0.286.